The molecule has 1 atom stereocenters. The molecule has 21 heavy (non-hydrogen) atoms. The van der Waals surface area contributed by atoms with Crippen molar-refractivity contribution in [3.8, 4) is 0 Å². The number of sulfone groups is 1. The molecule has 1 aliphatic heterocycles. The Labute approximate surface area is 130 Å². The zero-order valence-electron chi connectivity index (χ0n) is 12.3. The molecule has 1 fully saturated rings. The van der Waals surface area contributed by atoms with Crippen LogP contribution in [0, 0.1) is 5.92 Å². The molecule has 1 aliphatic rings. The van der Waals surface area contributed by atoms with Crippen molar-refractivity contribution >= 4 is 27.5 Å². The lowest BCUT2D eigenvalue weighted by Crippen LogP contribution is -2.31. The van der Waals surface area contributed by atoms with Crippen molar-refractivity contribution in [3.63, 3.8) is 0 Å². The number of thioether (sulfide) groups is 1. The third-order valence-corrected chi connectivity index (χ3v) is 5.18. The first-order chi connectivity index (χ1) is 9.90. The van der Waals surface area contributed by atoms with E-state index in [0.29, 0.717) is 18.8 Å². The molecule has 1 saturated heterocycles. The van der Waals surface area contributed by atoms with Crippen molar-refractivity contribution in [2.24, 2.45) is 5.92 Å². The van der Waals surface area contributed by atoms with Crippen LogP contribution < -0.4 is 0 Å². The molecule has 1 amide bonds. The number of aromatic nitrogens is 1. The molecule has 0 spiro atoms. The van der Waals surface area contributed by atoms with Gasteiger partial charge in [0.25, 0.3) is 5.91 Å². The van der Waals surface area contributed by atoms with E-state index >= 15 is 0 Å². The molecule has 0 aromatic carbocycles. The fourth-order valence-electron chi connectivity index (χ4n) is 2.63. The molecule has 0 saturated carbocycles. The minimum atomic E-state index is -3.00. The first-order valence-electron chi connectivity index (χ1n) is 6.80. The topological polar surface area (TPSA) is 67.3 Å². The Morgan fingerprint density at radius 1 is 1.52 bits per heavy atom. The minimum absolute atomic E-state index is 0.0386. The predicted octanol–water partition coefficient (Wildman–Crippen LogP) is 1.45. The maximum absolute atomic E-state index is 12.6. The number of nitrogens with zero attached hydrogens (tertiary/aromatic N) is 2. The smallest absolute Gasteiger partial charge is 0.272 e. The predicted molar refractivity (Wildman–Crippen MR) is 85.2 cm³/mol. The molecule has 1 unspecified atom stereocenters. The number of likely N-dealkylation sites (tertiary alicyclic amines) is 1. The van der Waals surface area contributed by atoms with E-state index in [0.717, 1.165) is 17.7 Å². The summed E-state index contributed by atoms with van der Waals surface area (Å²) >= 11 is 1.65. The summed E-state index contributed by atoms with van der Waals surface area (Å²) in [4.78, 5) is 18.5. The van der Waals surface area contributed by atoms with Gasteiger partial charge in [-0.15, -0.1) is 0 Å². The molecule has 7 heteroatoms. The lowest BCUT2D eigenvalue weighted by molar-refractivity contribution is 0.0781. The molecule has 2 heterocycles. The monoisotopic (exact) mass is 328 g/mol. The number of hydrogen-bond acceptors (Lipinski definition) is 5. The minimum Gasteiger partial charge on any atom is -0.337 e. The van der Waals surface area contributed by atoms with Crippen LogP contribution in [0.5, 0.6) is 0 Å². The van der Waals surface area contributed by atoms with E-state index in [-0.39, 0.29) is 17.6 Å². The third kappa shape index (κ3) is 4.44. The highest BCUT2D eigenvalue weighted by atomic mass is 32.2. The normalized spacial score (nSPS) is 19.0. The first kappa shape index (κ1) is 16.3. The number of pyridine rings is 1. The largest absolute Gasteiger partial charge is 0.337 e. The lowest BCUT2D eigenvalue weighted by atomic mass is 10.1. The van der Waals surface area contributed by atoms with Crippen molar-refractivity contribution in [2.75, 3.05) is 31.4 Å². The van der Waals surface area contributed by atoms with E-state index in [1.54, 1.807) is 22.9 Å². The second kappa shape index (κ2) is 6.79. The summed E-state index contributed by atoms with van der Waals surface area (Å²) in [5.41, 5.74) is 1.42. The van der Waals surface area contributed by atoms with Gasteiger partial charge in [0.15, 0.2) is 0 Å². The van der Waals surface area contributed by atoms with Crippen LogP contribution in [-0.2, 0) is 15.6 Å². The van der Waals surface area contributed by atoms with Gasteiger partial charge in [0.2, 0.25) is 0 Å². The van der Waals surface area contributed by atoms with Crippen LogP contribution in [0.4, 0.5) is 0 Å². The summed E-state index contributed by atoms with van der Waals surface area (Å²) in [7, 11) is -3.00. The average molecular weight is 328 g/mol. The van der Waals surface area contributed by atoms with E-state index < -0.39 is 9.84 Å². The summed E-state index contributed by atoms with van der Waals surface area (Å²) in [6, 6.07) is 3.75. The molecule has 0 radical (unpaired) electrons. The summed E-state index contributed by atoms with van der Waals surface area (Å²) in [6.07, 6.45) is 5.59. The van der Waals surface area contributed by atoms with Crippen LogP contribution in [0.15, 0.2) is 18.3 Å². The van der Waals surface area contributed by atoms with Gasteiger partial charge in [-0.3, -0.25) is 9.78 Å². The van der Waals surface area contributed by atoms with Gasteiger partial charge in [-0.2, -0.15) is 11.8 Å². The zero-order valence-corrected chi connectivity index (χ0v) is 13.9. The highest BCUT2D eigenvalue weighted by Crippen LogP contribution is 2.21. The van der Waals surface area contributed by atoms with Gasteiger partial charge in [0.05, 0.1) is 5.75 Å². The Morgan fingerprint density at radius 2 is 2.29 bits per heavy atom. The van der Waals surface area contributed by atoms with Crippen molar-refractivity contribution in [3.05, 3.63) is 29.6 Å². The summed E-state index contributed by atoms with van der Waals surface area (Å²) < 4.78 is 22.7. The van der Waals surface area contributed by atoms with Gasteiger partial charge < -0.3 is 4.90 Å². The van der Waals surface area contributed by atoms with E-state index in [2.05, 4.69) is 4.98 Å². The van der Waals surface area contributed by atoms with Crippen LogP contribution >= 0.6 is 11.8 Å². The van der Waals surface area contributed by atoms with Gasteiger partial charge in [0.1, 0.15) is 15.5 Å². The quantitative estimate of drug-likeness (QED) is 0.818. The van der Waals surface area contributed by atoms with E-state index in [1.165, 1.54) is 6.26 Å². The number of hydrogen-bond donors (Lipinski definition) is 0. The average Bonchev–Trinajstić information content (AvgIpc) is 2.85. The molecular weight excluding hydrogens is 308 g/mol. The fraction of sp³-hybridized carbons (Fsp3) is 0.571. The highest BCUT2D eigenvalue weighted by Gasteiger charge is 2.30. The summed E-state index contributed by atoms with van der Waals surface area (Å²) in [5, 5.41) is 0. The second-order valence-electron chi connectivity index (χ2n) is 5.44. The van der Waals surface area contributed by atoms with Crippen molar-refractivity contribution in [1.82, 2.24) is 9.88 Å². The van der Waals surface area contributed by atoms with Crippen LogP contribution in [-0.4, -0.2) is 55.6 Å². The SMILES string of the molecule is CSCc1cccnc1C(=O)N1CCC(CS(C)(=O)=O)C1. The van der Waals surface area contributed by atoms with E-state index in [4.69, 9.17) is 0 Å². The van der Waals surface area contributed by atoms with Gasteiger partial charge in [-0.1, -0.05) is 6.07 Å². The third-order valence-electron chi connectivity index (χ3n) is 3.51. The number of carbonyl (C=O) groups is 1. The Kier molecular flexibility index (Phi) is 5.27. The molecule has 116 valence electrons. The standard InChI is InChI=1S/C14H20N2O3S2/c1-20-9-12-4-3-6-15-13(12)14(17)16-7-5-11(8-16)10-21(2,18)19/h3-4,6,11H,5,7-10H2,1-2H3. The molecule has 0 aliphatic carbocycles. The second-order valence-corrected chi connectivity index (χ2v) is 8.49. The maximum atomic E-state index is 12.6. The fourth-order valence-corrected chi connectivity index (χ4v) is 4.31. The van der Waals surface area contributed by atoms with Gasteiger partial charge in [0, 0.05) is 31.3 Å². The maximum Gasteiger partial charge on any atom is 0.272 e. The van der Waals surface area contributed by atoms with Gasteiger partial charge >= 0.3 is 0 Å². The molecule has 1 aromatic heterocycles. The highest BCUT2D eigenvalue weighted by molar-refractivity contribution is 7.97. The van der Waals surface area contributed by atoms with Crippen molar-refractivity contribution < 1.29 is 13.2 Å². The van der Waals surface area contributed by atoms with E-state index in [1.807, 2.05) is 18.4 Å². The Hall–Kier alpha value is -1.08. The molecular formula is C14H20N2O3S2. The van der Waals surface area contributed by atoms with Crippen LogP contribution in [0.1, 0.15) is 22.5 Å². The lowest BCUT2D eigenvalue weighted by Gasteiger charge is -2.17. The molecule has 0 N–H and O–H groups in total. The molecule has 5 nitrogen and oxygen atoms in total. The first-order valence-corrected chi connectivity index (χ1v) is 10.3. The van der Waals surface area contributed by atoms with Gasteiger partial charge in [-0.25, -0.2) is 8.42 Å². The van der Waals surface area contributed by atoms with Crippen LogP contribution in [0.25, 0.3) is 0 Å². The molecule has 2 rings (SSSR count). The summed E-state index contributed by atoms with van der Waals surface area (Å²) in [5.74, 6) is 0.846. The zero-order chi connectivity index (χ0) is 15.5. The Morgan fingerprint density at radius 3 is 2.95 bits per heavy atom. The van der Waals surface area contributed by atoms with Crippen LogP contribution in [0.2, 0.25) is 0 Å². The van der Waals surface area contributed by atoms with Crippen molar-refractivity contribution in [1.29, 1.82) is 0 Å². The number of amides is 1. The summed E-state index contributed by atoms with van der Waals surface area (Å²) in [6.45, 7) is 1.11. The van der Waals surface area contributed by atoms with Crippen molar-refractivity contribution in [2.45, 2.75) is 12.2 Å². The van der Waals surface area contributed by atoms with Crippen LogP contribution in [0.3, 0.4) is 0 Å². The Bertz CT molecular complexity index is 616. The van der Waals surface area contributed by atoms with E-state index in [9.17, 15) is 13.2 Å². The number of carbonyl (C=O) groups excluding carboxylic acids is 1. The Balaban J connectivity index is 2.08. The number of rotatable bonds is 5. The molecule has 0 bridgehead atoms. The van der Waals surface area contributed by atoms with Gasteiger partial charge in [-0.05, 0) is 30.2 Å². The molecule has 1 aromatic rings.